The molecule has 106 valence electrons. The molecular formula is C13H26N2O3. The van der Waals surface area contributed by atoms with Crippen molar-refractivity contribution in [3.63, 3.8) is 0 Å². The van der Waals surface area contributed by atoms with Crippen LogP contribution in [0.1, 0.15) is 47.5 Å². The van der Waals surface area contributed by atoms with Crippen LogP contribution in [-0.2, 0) is 14.3 Å². The Labute approximate surface area is 110 Å². The number of hydrogen-bond acceptors (Lipinski definition) is 4. The predicted molar refractivity (Wildman–Crippen MR) is 71.2 cm³/mol. The Morgan fingerprint density at radius 1 is 1.22 bits per heavy atom. The van der Waals surface area contributed by atoms with Crippen molar-refractivity contribution < 1.29 is 14.3 Å². The van der Waals surface area contributed by atoms with Gasteiger partial charge in [0.1, 0.15) is 6.04 Å². The largest absolute Gasteiger partial charge is 0.465 e. The van der Waals surface area contributed by atoms with E-state index in [0.29, 0.717) is 13.0 Å². The van der Waals surface area contributed by atoms with Crippen molar-refractivity contribution in [2.24, 2.45) is 0 Å². The lowest BCUT2D eigenvalue weighted by molar-refractivity contribution is -0.145. The molecule has 0 heterocycles. The molecule has 0 fully saturated rings. The first kappa shape index (κ1) is 16.9. The third-order valence-electron chi connectivity index (χ3n) is 2.17. The number of nitrogens with one attached hydrogen (secondary N) is 2. The monoisotopic (exact) mass is 258 g/mol. The van der Waals surface area contributed by atoms with E-state index in [4.69, 9.17) is 4.74 Å². The van der Waals surface area contributed by atoms with E-state index in [-0.39, 0.29) is 24.0 Å². The summed E-state index contributed by atoms with van der Waals surface area (Å²) in [6, 6.07) is -0.402. The lowest BCUT2D eigenvalue weighted by Gasteiger charge is -2.22. The molecule has 0 rings (SSSR count). The molecule has 0 aliphatic rings. The van der Waals surface area contributed by atoms with Crippen LogP contribution in [0, 0.1) is 0 Å². The van der Waals surface area contributed by atoms with Gasteiger partial charge in [0.05, 0.1) is 13.2 Å². The van der Waals surface area contributed by atoms with Crippen molar-refractivity contribution in [1.29, 1.82) is 0 Å². The number of amides is 1. The van der Waals surface area contributed by atoms with Gasteiger partial charge in [0.25, 0.3) is 0 Å². The van der Waals surface area contributed by atoms with E-state index >= 15 is 0 Å². The molecule has 0 radical (unpaired) electrons. The van der Waals surface area contributed by atoms with Crippen LogP contribution in [0.2, 0.25) is 0 Å². The molecule has 0 aromatic rings. The molecule has 18 heavy (non-hydrogen) atoms. The van der Waals surface area contributed by atoms with Gasteiger partial charge < -0.3 is 10.1 Å². The molecule has 0 aromatic carbocycles. The van der Waals surface area contributed by atoms with Crippen molar-refractivity contribution >= 4 is 11.9 Å². The van der Waals surface area contributed by atoms with Gasteiger partial charge >= 0.3 is 5.97 Å². The Kier molecular flexibility index (Phi) is 7.59. The number of carbonyl (C=O) groups excluding carboxylic acids is 2. The van der Waals surface area contributed by atoms with E-state index in [9.17, 15) is 9.59 Å². The fourth-order valence-corrected chi connectivity index (χ4v) is 1.51. The van der Waals surface area contributed by atoms with Gasteiger partial charge in [0.15, 0.2) is 0 Å². The summed E-state index contributed by atoms with van der Waals surface area (Å²) >= 11 is 0. The second-order valence-electron chi connectivity index (χ2n) is 5.27. The minimum Gasteiger partial charge on any atom is -0.465 e. The van der Waals surface area contributed by atoms with Crippen LogP contribution in [0.15, 0.2) is 0 Å². The lowest BCUT2D eigenvalue weighted by atomic mass is 10.1. The normalized spacial score (nSPS) is 12.9. The Balaban J connectivity index is 4.18. The molecule has 1 amide bonds. The van der Waals surface area contributed by atoms with Gasteiger partial charge in [-0.1, -0.05) is 13.3 Å². The summed E-state index contributed by atoms with van der Waals surface area (Å²) in [7, 11) is 0. The Bertz CT molecular complexity index is 272. The maximum absolute atomic E-state index is 11.6. The van der Waals surface area contributed by atoms with Crippen LogP contribution in [0.4, 0.5) is 0 Å². The van der Waals surface area contributed by atoms with Gasteiger partial charge in [-0.25, -0.2) is 0 Å². The third-order valence-corrected chi connectivity index (χ3v) is 2.17. The minimum absolute atomic E-state index is 0.118. The van der Waals surface area contributed by atoms with Crippen molar-refractivity contribution in [1.82, 2.24) is 10.6 Å². The SMILES string of the molecule is CCCC(NCC(=O)NC(C)(C)C)C(=O)OCC. The topological polar surface area (TPSA) is 67.4 Å². The van der Waals surface area contributed by atoms with Crippen molar-refractivity contribution in [3.05, 3.63) is 0 Å². The second kappa shape index (κ2) is 8.08. The summed E-state index contributed by atoms with van der Waals surface area (Å²) < 4.78 is 4.96. The van der Waals surface area contributed by atoms with E-state index in [1.807, 2.05) is 27.7 Å². The number of hydrogen-bond donors (Lipinski definition) is 2. The molecule has 2 N–H and O–H groups in total. The Morgan fingerprint density at radius 3 is 2.28 bits per heavy atom. The van der Waals surface area contributed by atoms with E-state index in [1.165, 1.54) is 0 Å². The number of esters is 1. The van der Waals surface area contributed by atoms with Crippen molar-refractivity contribution in [3.8, 4) is 0 Å². The molecule has 1 atom stereocenters. The fraction of sp³-hybridized carbons (Fsp3) is 0.846. The van der Waals surface area contributed by atoms with E-state index < -0.39 is 6.04 Å². The van der Waals surface area contributed by atoms with Gasteiger partial charge in [-0.15, -0.1) is 0 Å². The molecule has 5 nitrogen and oxygen atoms in total. The Hall–Kier alpha value is -1.10. The van der Waals surface area contributed by atoms with E-state index in [0.717, 1.165) is 6.42 Å². The molecule has 5 heteroatoms. The van der Waals surface area contributed by atoms with E-state index in [2.05, 4.69) is 10.6 Å². The van der Waals surface area contributed by atoms with Crippen LogP contribution >= 0.6 is 0 Å². The molecule has 0 aliphatic carbocycles. The maximum Gasteiger partial charge on any atom is 0.323 e. The van der Waals surface area contributed by atoms with Crippen LogP contribution in [0.5, 0.6) is 0 Å². The maximum atomic E-state index is 11.6. The molecule has 0 bridgehead atoms. The predicted octanol–water partition coefficient (Wildman–Crippen LogP) is 1.22. The van der Waals surface area contributed by atoms with E-state index in [1.54, 1.807) is 6.92 Å². The highest BCUT2D eigenvalue weighted by molar-refractivity contribution is 5.80. The highest BCUT2D eigenvalue weighted by Gasteiger charge is 2.20. The molecule has 0 spiro atoms. The zero-order chi connectivity index (χ0) is 14.2. The first-order valence-corrected chi connectivity index (χ1v) is 6.51. The van der Waals surface area contributed by atoms with Crippen molar-refractivity contribution in [2.45, 2.75) is 59.0 Å². The summed E-state index contributed by atoms with van der Waals surface area (Å²) in [5, 5.41) is 5.77. The molecule has 0 aliphatic heterocycles. The lowest BCUT2D eigenvalue weighted by Crippen LogP contribution is -2.48. The summed E-state index contributed by atoms with van der Waals surface area (Å²) in [5.74, 6) is -0.407. The number of carbonyl (C=O) groups is 2. The summed E-state index contributed by atoms with van der Waals surface area (Å²) in [4.78, 5) is 23.2. The molecule has 0 aromatic heterocycles. The minimum atomic E-state index is -0.402. The molecular weight excluding hydrogens is 232 g/mol. The second-order valence-corrected chi connectivity index (χ2v) is 5.27. The fourth-order valence-electron chi connectivity index (χ4n) is 1.51. The van der Waals surface area contributed by atoms with Crippen LogP contribution in [0.3, 0.4) is 0 Å². The molecule has 0 saturated carbocycles. The zero-order valence-corrected chi connectivity index (χ0v) is 12.1. The zero-order valence-electron chi connectivity index (χ0n) is 12.1. The van der Waals surface area contributed by atoms with Crippen LogP contribution in [0.25, 0.3) is 0 Å². The van der Waals surface area contributed by atoms with Crippen LogP contribution in [-0.4, -0.2) is 36.6 Å². The number of ether oxygens (including phenoxy) is 1. The highest BCUT2D eigenvalue weighted by atomic mass is 16.5. The first-order valence-electron chi connectivity index (χ1n) is 6.51. The number of rotatable bonds is 7. The standard InChI is InChI=1S/C13H26N2O3/c1-6-8-10(12(17)18-7-2)14-9-11(16)15-13(3,4)5/h10,14H,6-9H2,1-5H3,(H,15,16). The smallest absolute Gasteiger partial charge is 0.323 e. The first-order chi connectivity index (χ1) is 8.30. The average molecular weight is 258 g/mol. The Morgan fingerprint density at radius 2 is 1.83 bits per heavy atom. The quantitative estimate of drug-likeness (QED) is 0.674. The van der Waals surface area contributed by atoms with Gasteiger partial charge in [-0.2, -0.15) is 0 Å². The summed E-state index contributed by atoms with van der Waals surface area (Å²) in [5.41, 5.74) is -0.261. The van der Waals surface area contributed by atoms with Crippen LogP contribution < -0.4 is 10.6 Å². The third kappa shape index (κ3) is 8.06. The summed E-state index contributed by atoms with van der Waals surface area (Å²) in [6.45, 7) is 9.99. The molecule has 0 saturated heterocycles. The average Bonchev–Trinajstić information content (AvgIpc) is 2.21. The van der Waals surface area contributed by atoms with Gasteiger partial charge in [-0.3, -0.25) is 14.9 Å². The molecule has 1 unspecified atom stereocenters. The highest BCUT2D eigenvalue weighted by Crippen LogP contribution is 2.00. The van der Waals surface area contributed by atoms with Gasteiger partial charge in [-0.05, 0) is 34.1 Å². The van der Waals surface area contributed by atoms with Gasteiger partial charge in [0, 0.05) is 5.54 Å². The van der Waals surface area contributed by atoms with Gasteiger partial charge in [0.2, 0.25) is 5.91 Å². The summed E-state index contributed by atoms with van der Waals surface area (Å²) in [6.07, 6.45) is 1.53. The van der Waals surface area contributed by atoms with Crippen molar-refractivity contribution in [2.75, 3.05) is 13.2 Å².